The second kappa shape index (κ2) is 22.7. The molecule has 1 unspecified atom stereocenters. The molecule has 0 spiro atoms. The van der Waals surface area contributed by atoms with Gasteiger partial charge in [0.25, 0.3) is 0 Å². The molecular formula is C55H57Cl5N6. The van der Waals surface area contributed by atoms with Crippen LogP contribution in [0.3, 0.4) is 0 Å². The number of nitrogens with one attached hydrogen (secondary N) is 1. The molecule has 9 rings (SSSR count). The van der Waals surface area contributed by atoms with E-state index in [1.807, 2.05) is 78.9 Å². The normalized spacial score (nSPS) is 14.0. The first-order valence-electron chi connectivity index (χ1n) is 22.0. The molecule has 1 saturated heterocycles. The third-order valence-corrected chi connectivity index (χ3v) is 12.4. The van der Waals surface area contributed by atoms with Crippen LogP contribution in [0, 0.1) is 0 Å². The largest absolute Gasteiger partial charge is 0.354 e. The van der Waals surface area contributed by atoms with Crippen LogP contribution in [0.25, 0.3) is 28.1 Å². The summed E-state index contributed by atoms with van der Waals surface area (Å²) in [7, 11) is 0. The zero-order valence-corrected chi connectivity index (χ0v) is 41.9. The Morgan fingerprint density at radius 2 is 1.20 bits per heavy atom. The van der Waals surface area contributed by atoms with E-state index in [0.29, 0.717) is 10.0 Å². The Labute approximate surface area is 417 Å². The molecule has 0 bridgehead atoms. The van der Waals surface area contributed by atoms with Crippen molar-refractivity contribution in [1.82, 2.24) is 19.4 Å². The number of fused-ring (bicyclic) bond motifs is 2. The molecule has 342 valence electrons. The van der Waals surface area contributed by atoms with Gasteiger partial charge in [0.2, 0.25) is 0 Å². The van der Waals surface area contributed by atoms with E-state index in [4.69, 9.17) is 44.8 Å². The van der Waals surface area contributed by atoms with Crippen LogP contribution in [-0.2, 0) is 12.0 Å². The molecule has 0 radical (unpaired) electrons. The van der Waals surface area contributed by atoms with Crippen LogP contribution in [0.2, 0.25) is 15.1 Å². The average molecular weight is 979 g/mol. The summed E-state index contributed by atoms with van der Waals surface area (Å²) >= 11 is 18.4. The fourth-order valence-electron chi connectivity index (χ4n) is 8.33. The van der Waals surface area contributed by atoms with Gasteiger partial charge in [-0.25, -0.2) is 4.98 Å². The summed E-state index contributed by atoms with van der Waals surface area (Å²) < 4.78 is 2.21. The highest BCUT2D eigenvalue weighted by atomic mass is 35.5. The standard InChI is InChI=1S/C28H33ClN2.C27H22Cl2N4.2ClH/c1-28(2,3)25-13-9-22(10-14-25)21-30-17-19-31(20-18-30)27(23-7-5-4-6-8-23)24-11-15-26(29)16-12-24;1-17(2)30-24-16-27-25(15-23(24)31-20-11-7-18(28)8-12-20)32-22-5-3-4-6-26(22)33(27)21-13-9-19(29)10-14-21;;/h4-16,27H,17-21H2,1-3H3;3-17,31H,1-2H3;2*1H. The first-order valence-corrected chi connectivity index (χ1v) is 23.2. The lowest BCUT2D eigenvalue weighted by molar-refractivity contribution is 0.105. The summed E-state index contributed by atoms with van der Waals surface area (Å²) in [5, 5.41) is 6.55. The minimum absolute atomic E-state index is 0. The highest BCUT2D eigenvalue weighted by Crippen LogP contribution is 2.33. The van der Waals surface area contributed by atoms with Gasteiger partial charge in [-0.2, -0.15) is 0 Å². The van der Waals surface area contributed by atoms with Crippen molar-refractivity contribution in [3.8, 4) is 17.1 Å². The molecule has 66 heavy (non-hydrogen) atoms. The zero-order valence-electron chi connectivity index (χ0n) is 38.0. The summed E-state index contributed by atoms with van der Waals surface area (Å²) in [5.74, 6) is 0. The van der Waals surface area contributed by atoms with E-state index in [9.17, 15) is 0 Å². The Hall–Kier alpha value is -4.89. The van der Waals surface area contributed by atoms with Crippen LogP contribution in [0.5, 0.6) is 0 Å². The summed E-state index contributed by atoms with van der Waals surface area (Å²) in [6.45, 7) is 16.3. The minimum atomic E-state index is 0. The molecule has 11 heteroatoms. The molecule has 2 heterocycles. The third kappa shape index (κ3) is 12.6. The molecule has 0 amide bonds. The molecule has 1 N–H and O–H groups in total. The van der Waals surface area contributed by atoms with Gasteiger partial charge in [0.15, 0.2) is 0 Å². The number of para-hydroxylation sites is 2. The number of halogens is 5. The number of nitrogens with zero attached hydrogens (tertiary/aromatic N) is 5. The summed E-state index contributed by atoms with van der Waals surface area (Å²) in [5.41, 5.74) is 12.3. The van der Waals surface area contributed by atoms with Gasteiger partial charge in [0, 0.05) is 65.2 Å². The molecule has 6 aromatic rings. The van der Waals surface area contributed by atoms with Crippen LogP contribution in [0.15, 0.2) is 169 Å². The van der Waals surface area contributed by atoms with Crippen molar-refractivity contribution in [2.24, 2.45) is 4.99 Å². The van der Waals surface area contributed by atoms with Crippen molar-refractivity contribution in [1.29, 1.82) is 0 Å². The zero-order chi connectivity index (χ0) is 44.8. The monoisotopic (exact) mass is 976 g/mol. The van der Waals surface area contributed by atoms with Gasteiger partial charge in [-0.1, -0.05) is 134 Å². The summed E-state index contributed by atoms with van der Waals surface area (Å²) in [6.07, 6.45) is 0. The van der Waals surface area contributed by atoms with Gasteiger partial charge in [0.1, 0.15) is 0 Å². The van der Waals surface area contributed by atoms with Gasteiger partial charge in [-0.05, 0) is 126 Å². The smallest absolute Gasteiger partial charge is 0.0900 e. The second-order valence-corrected chi connectivity index (χ2v) is 19.1. The molecule has 6 nitrogen and oxygen atoms in total. The molecule has 1 atom stereocenters. The van der Waals surface area contributed by atoms with E-state index in [1.54, 1.807) is 0 Å². The fraction of sp³-hybridized carbons (Fsp3) is 0.236. The van der Waals surface area contributed by atoms with Crippen molar-refractivity contribution in [3.05, 3.63) is 206 Å². The predicted octanol–water partition coefficient (Wildman–Crippen LogP) is 14.9. The van der Waals surface area contributed by atoms with Gasteiger partial charge < -0.3 is 9.88 Å². The Morgan fingerprint density at radius 1 is 0.636 bits per heavy atom. The molecular weight excluding hydrogens is 922 g/mol. The topological polar surface area (TPSA) is 48.7 Å². The highest BCUT2D eigenvalue weighted by molar-refractivity contribution is 6.31. The van der Waals surface area contributed by atoms with Gasteiger partial charge in [-0.3, -0.25) is 14.8 Å². The molecule has 3 aliphatic rings. The molecule has 2 aliphatic heterocycles. The van der Waals surface area contributed by atoms with E-state index in [2.05, 4.69) is 139 Å². The minimum Gasteiger partial charge on any atom is -0.354 e. The molecule has 1 fully saturated rings. The van der Waals surface area contributed by atoms with E-state index in [-0.39, 0.29) is 42.3 Å². The quantitative estimate of drug-likeness (QED) is 0.146. The maximum atomic E-state index is 6.17. The lowest BCUT2D eigenvalue weighted by Crippen LogP contribution is -2.47. The van der Waals surface area contributed by atoms with Crippen molar-refractivity contribution in [3.63, 3.8) is 0 Å². The number of hydrogen-bond acceptors (Lipinski definition) is 5. The maximum absolute atomic E-state index is 6.17. The SMILES string of the molecule is CC(C)(C)c1ccc(CN2CCN(C(c3ccccc3)c3ccc(Cl)cc3)CC2)cc1.CC(C)N=c1cc2n(-c3ccc(Cl)cc3)c3ccccc3nc-2cc1Nc1ccc(Cl)cc1.Cl.Cl. The van der Waals surface area contributed by atoms with Gasteiger partial charge in [-0.15, -0.1) is 24.8 Å². The number of anilines is 2. The Bertz CT molecular complexity index is 2820. The lowest BCUT2D eigenvalue weighted by Gasteiger charge is -2.40. The fourth-order valence-corrected chi connectivity index (χ4v) is 8.70. The maximum Gasteiger partial charge on any atom is 0.0900 e. The summed E-state index contributed by atoms with van der Waals surface area (Å²) in [6, 6.07) is 56.5. The van der Waals surface area contributed by atoms with Crippen molar-refractivity contribution >= 4 is 82.0 Å². The number of hydrogen-bond donors (Lipinski definition) is 1. The van der Waals surface area contributed by atoms with E-state index in [1.165, 1.54) is 22.3 Å². The van der Waals surface area contributed by atoms with Crippen LogP contribution in [-0.4, -0.2) is 51.6 Å². The number of benzene rings is 7. The van der Waals surface area contributed by atoms with Crippen molar-refractivity contribution in [2.75, 3.05) is 31.5 Å². The van der Waals surface area contributed by atoms with Crippen LogP contribution in [0.4, 0.5) is 11.4 Å². The van der Waals surface area contributed by atoms with Gasteiger partial charge >= 0.3 is 0 Å². The number of piperazine rings is 1. The highest BCUT2D eigenvalue weighted by Gasteiger charge is 2.27. The number of aromatic nitrogens is 2. The van der Waals surface area contributed by atoms with Crippen LogP contribution >= 0.6 is 59.6 Å². The first kappa shape index (κ1) is 50.5. The summed E-state index contributed by atoms with van der Waals surface area (Å²) in [4.78, 5) is 15.1. The average Bonchev–Trinajstić information content (AvgIpc) is 3.29. The van der Waals surface area contributed by atoms with Gasteiger partial charge in [0.05, 0.1) is 39.5 Å². The molecule has 1 aliphatic carbocycles. The van der Waals surface area contributed by atoms with Crippen molar-refractivity contribution < 1.29 is 0 Å². The first-order chi connectivity index (χ1) is 30.9. The predicted molar refractivity (Wildman–Crippen MR) is 284 cm³/mol. The van der Waals surface area contributed by atoms with E-state index < -0.39 is 0 Å². The lowest BCUT2D eigenvalue weighted by atomic mass is 9.87. The Kier molecular flexibility index (Phi) is 17.4. The molecule has 6 aromatic carbocycles. The number of rotatable bonds is 9. The van der Waals surface area contributed by atoms with Crippen LogP contribution < -0.4 is 10.7 Å². The van der Waals surface area contributed by atoms with Crippen LogP contribution in [0.1, 0.15) is 62.9 Å². The van der Waals surface area contributed by atoms with E-state index >= 15 is 0 Å². The molecule has 0 aromatic heterocycles. The third-order valence-electron chi connectivity index (χ3n) is 11.6. The Balaban J connectivity index is 0.000000212. The molecule has 0 saturated carbocycles. The van der Waals surface area contributed by atoms with E-state index in [0.717, 1.165) is 82.6 Å². The van der Waals surface area contributed by atoms with Crippen molar-refractivity contribution in [2.45, 2.75) is 58.7 Å². The Morgan fingerprint density at radius 3 is 1.80 bits per heavy atom. The second-order valence-electron chi connectivity index (χ2n) is 17.7.